The normalized spacial score (nSPS) is 10.5. The van der Waals surface area contributed by atoms with Gasteiger partial charge >= 0.3 is 0 Å². The molecule has 0 unspecified atom stereocenters. The number of hydrogen-bond acceptors (Lipinski definition) is 3. The Morgan fingerprint density at radius 1 is 1.25 bits per heavy atom. The summed E-state index contributed by atoms with van der Waals surface area (Å²) in [4.78, 5) is 1.11. The van der Waals surface area contributed by atoms with Crippen molar-refractivity contribution in [1.29, 1.82) is 5.26 Å². The first-order valence-corrected chi connectivity index (χ1v) is 7.12. The summed E-state index contributed by atoms with van der Waals surface area (Å²) in [5.74, 6) is -1.40. The maximum atomic E-state index is 13.6. The van der Waals surface area contributed by atoms with Crippen LogP contribution in [-0.2, 0) is 13.0 Å². The van der Waals surface area contributed by atoms with Gasteiger partial charge in [0.2, 0.25) is 0 Å². The molecule has 1 N–H and O–H groups in total. The quantitative estimate of drug-likeness (QED) is 0.850. The summed E-state index contributed by atoms with van der Waals surface area (Å²) in [5.41, 5.74) is -0.0646. The Labute approximate surface area is 124 Å². The van der Waals surface area contributed by atoms with Crippen LogP contribution in [0, 0.1) is 23.0 Å². The summed E-state index contributed by atoms with van der Waals surface area (Å²) >= 11 is 7.30. The highest BCUT2D eigenvalue weighted by atomic mass is 35.5. The maximum absolute atomic E-state index is 13.6. The van der Waals surface area contributed by atoms with Crippen LogP contribution < -0.4 is 5.32 Å². The van der Waals surface area contributed by atoms with Gasteiger partial charge in [-0.05, 0) is 30.7 Å². The first kappa shape index (κ1) is 14.9. The summed E-state index contributed by atoms with van der Waals surface area (Å²) < 4.78 is 27.9. The van der Waals surface area contributed by atoms with E-state index < -0.39 is 11.6 Å². The first-order chi connectivity index (χ1) is 9.60. The fourth-order valence-electron chi connectivity index (χ4n) is 1.75. The zero-order valence-corrected chi connectivity index (χ0v) is 12.0. The summed E-state index contributed by atoms with van der Waals surface area (Å²) in [5, 5.41) is 11.6. The molecule has 1 aromatic carbocycles. The molecule has 0 radical (unpaired) electrons. The number of nitriles is 1. The predicted octanol–water partition coefficient (Wildman–Crippen LogP) is 3.88. The van der Waals surface area contributed by atoms with E-state index in [0.717, 1.165) is 27.8 Å². The van der Waals surface area contributed by atoms with Gasteiger partial charge in [-0.25, -0.2) is 8.78 Å². The van der Waals surface area contributed by atoms with Crippen molar-refractivity contribution in [3.63, 3.8) is 0 Å². The number of halogens is 3. The second kappa shape index (κ2) is 6.80. The average Bonchev–Trinajstić information content (AvgIpc) is 2.82. The molecule has 2 aromatic rings. The molecule has 0 saturated carbocycles. The van der Waals surface area contributed by atoms with Crippen molar-refractivity contribution in [3.8, 4) is 6.07 Å². The third kappa shape index (κ3) is 3.76. The van der Waals surface area contributed by atoms with Crippen LogP contribution in [0.1, 0.15) is 16.0 Å². The van der Waals surface area contributed by atoms with E-state index in [9.17, 15) is 8.78 Å². The van der Waals surface area contributed by atoms with Gasteiger partial charge in [0.1, 0.15) is 11.6 Å². The second-order valence-corrected chi connectivity index (χ2v) is 5.96. The number of benzene rings is 1. The second-order valence-electron chi connectivity index (χ2n) is 4.16. The van der Waals surface area contributed by atoms with Gasteiger partial charge < -0.3 is 5.32 Å². The molecule has 2 nitrogen and oxygen atoms in total. The molecule has 0 fully saturated rings. The Bertz CT molecular complexity index is 626. The van der Waals surface area contributed by atoms with Crippen LogP contribution in [-0.4, -0.2) is 6.54 Å². The minimum Gasteiger partial charge on any atom is -0.312 e. The zero-order valence-electron chi connectivity index (χ0n) is 10.4. The first-order valence-electron chi connectivity index (χ1n) is 5.93. The predicted molar refractivity (Wildman–Crippen MR) is 75.8 cm³/mol. The summed E-state index contributed by atoms with van der Waals surface area (Å²) in [6.45, 7) is 0.679. The van der Waals surface area contributed by atoms with Crippen LogP contribution in [0.2, 0.25) is 4.34 Å². The standard InChI is InChI=1S/C14H11ClF2N2S/c15-14-2-1-10(20-14)3-4-19-8-11-12(16)5-9(7-18)6-13(11)17/h1-2,5-6,19H,3-4,8H2. The number of nitrogens with one attached hydrogen (secondary N) is 1. The molecule has 1 heterocycles. The van der Waals surface area contributed by atoms with Gasteiger partial charge in [0.05, 0.1) is 16.0 Å². The van der Waals surface area contributed by atoms with Crippen molar-refractivity contribution in [2.24, 2.45) is 0 Å². The largest absolute Gasteiger partial charge is 0.312 e. The van der Waals surface area contributed by atoms with Gasteiger partial charge in [-0.1, -0.05) is 11.6 Å². The monoisotopic (exact) mass is 312 g/mol. The van der Waals surface area contributed by atoms with Crippen LogP contribution in [0.4, 0.5) is 8.78 Å². The van der Waals surface area contributed by atoms with Crippen molar-refractivity contribution in [2.45, 2.75) is 13.0 Å². The van der Waals surface area contributed by atoms with Gasteiger partial charge in [0.25, 0.3) is 0 Å². The molecule has 0 spiro atoms. The van der Waals surface area contributed by atoms with E-state index in [1.807, 2.05) is 12.1 Å². The Kier molecular flexibility index (Phi) is 5.07. The van der Waals surface area contributed by atoms with Gasteiger partial charge in [-0.3, -0.25) is 0 Å². The average molecular weight is 313 g/mol. The van der Waals surface area contributed by atoms with Crippen LogP contribution in [0.25, 0.3) is 0 Å². The fraction of sp³-hybridized carbons (Fsp3) is 0.214. The lowest BCUT2D eigenvalue weighted by Crippen LogP contribution is -2.18. The SMILES string of the molecule is N#Cc1cc(F)c(CNCCc2ccc(Cl)s2)c(F)c1. The van der Waals surface area contributed by atoms with Gasteiger partial charge in [-0.2, -0.15) is 5.26 Å². The minimum atomic E-state index is -0.701. The topological polar surface area (TPSA) is 35.8 Å². The van der Waals surface area contributed by atoms with Crippen molar-refractivity contribution in [3.05, 3.63) is 56.2 Å². The van der Waals surface area contributed by atoms with E-state index in [1.54, 1.807) is 6.07 Å². The summed E-state index contributed by atoms with van der Waals surface area (Å²) in [6, 6.07) is 7.55. The zero-order chi connectivity index (χ0) is 14.5. The van der Waals surface area contributed by atoms with E-state index in [0.29, 0.717) is 6.54 Å². The van der Waals surface area contributed by atoms with Crippen molar-refractivity contribution in [2.75, 3.05) is 6.54 Å². The minimum absolute atomic E-state index is 0.0167. The molecule has 0 saturated heterocycles. The summed E-state index contributed by atoms with van der Waals surface area (Å²) in [7, 11) is 0. The number of thiophene rings is 1. The van der Waals surface area contributed by atoms with Crippen LogP contribution in [0.3, 0.4) is 0 Å². The molecule has 1 aromatic heterocycles. The van der Waals surface area contributed by atoms with E-state index in [1.165, 1.54) is 11.3 Å². The molecule has 0 atom stereocenters. The Hall–Kier alpha value is -1.48. The van der Waals surface area contributed by atoms with E-state index >= 15 is 0 Å². The number of hydrogen-bond donors (Lipinski definition) is 1. The lowest BCUT2D eigenvalue weighted by molar-refractivity contribution is 0.536. The van der Waals surface area contributed by atoms with Crippen molar-refractivity contribution >= 4 is 22.9 Å². The van der Waals surface area contributed by atoms with Crippen LogP contribution >= 0.6 is 22.9 Å². The molecule has 0 bridgehead atoms. The highest BCUT2D eigenvalue weighted by molar-refractivity contribution is 7.16. The molecule has 0 aliphatic rings. The fourth-order valence-corrected chi connectivity index (χ4v) is 2.83. The lowest BCUT2D eigenvalue weighted by atomic mass is 10.1. The molecule has 0 amide bonds. The van der Waals surface area contributed by atoms with Crippen LogP contribution in [0.15, 0.2) is 24.3 Å². The van der Waals surface area contributed by atoms with Gasteiger partial charge in [0.15, 0.2) is 0 Å². The van der Waals surface area contributed by atoms with Crippen LogP contribution in [0.5, 0.6) is 0 Å². The third-order valence-corrected chi connectivity index (χ3v) is 4.04. The van der Waals surface area contributed by atoms with Gasteiger partial charge in [0, 0.05) is 23.5 Å². The Morgan fingerprint density at radius 2 is 1.95 bits per heavy atom. The van der Waals surface area contributed by atoms with Crippen molar-refractivity contribution < 1.29 is 8.78 Å². The molecular weight excluding hydrogens is 302 g/mol. The highest BCUT2D eigenvalue weighted by Gasteiger charge is 2.10. The molecular formula is C14H11ClF2N2S. The molecule has 0 aliphatic carbocycles. The Balaban J connectivity index is 1.90. The molecule has 20 heavy (non-hydrogen) atoms. The summed E-state index contributed by atoms with van der Waals surface area (Å²) in [6.07, 6.45) is 0.747. The lowest BCUT2D eigenvalue weighted by Gasteiger charge is -2.07. The van der Waals surface area contributed by atoms with Crippen molar-refractivity contribution in [1.82, 2.24) is 5.32 Å². The maximum Gasteiger partial charge on any atom is 0.131 e. The highest BCUT2D eigenvalue weighted by Crippen LogP contribution is 2.21. The number of nitrogens with zero attached hydrogens (tertiary/aromatic N) is 1. The number of rotatable bonds is 5. The Morgan fingerprint density at radius 3 is 2.50 bits per heavy atom. The third-order valence-electron chi connectivity index (χ3n) is 2.75. The smallest absolute Gasteiger partial charge is 0.131 e. The van der Waals surface area contributed by atoms with E-state index in [-0.39, 0.29) is 17.7 Å². The van der Waals surface area contributed by atoms with E-state index in [2.05, 4.69) is 5.32 Å². The van der Waals surface area contributed by atoms with Gasteiger partial charge in [-0.15, -0.1) is 11.3 Å². The molecule has 104 valence electrons. The molecule has 2 rings (SSSR count). The molecule has 6 heteroatoms. The van der Waals surface area contributed by atoms with E-state index in [4.69, 9.17) is 16.9 Å². The molecule has 0 aliphatic heterocycles.